The molecular weight excluding hydrogens is 196 g/mol. The number of esters is 1. The minimum Gasteiger partial charge on any atom is -0.481 e. The van der Waals surface area contributed by atoms with E-state index >= 15 is 0 Å². The third-order valence-corrected chi connectivity index (χ3v) is 1.61. The molecule has 0 aromatic rings. The van der Waals surface area contributed by atoms with E-state index in [9.17, 15) is 9.59 Å². The summed E-state index contributed by atoms with van der Waals surface area (Å²) in [6, 6.07) is 0. The van der Waals surface area contributed by atoms with E-state index in [0.29, 0.717) is 5.57 Å². The average Bonchev–Trinajstić information content (AvgIpc) is 2.00. The second-order valence-corrected chi connectivity index (χ2v) is 4.48. The van der Waals surface area contributed by atoms with Crippen molar-refractivity contribution in [2.24, 2.45) is 5.92 Å². The van der Waals surface area contributed by atoms with E-state index in [1.165, 1.54) is 13.0 Å². The van der Waals surface area contributed by atoms with Crippen molar-refractivity contribution in [2.45, 2.75) is 40.2 Å². The molecule has 1 N–H and O–H groups in total. The van der Waals surface area contributed by atoms with Gasteiger partial charge in [0.25, 0.3) is 0 Å². The van der Waals surface area contributed by atoms with Crippen molar-refractivity contribution in [1.82, 2.24) is 0 Å². The van der Waals surface area contributed by atoms with Gasteiger partial charge in [0.05, 0.1) is 5.92 Å². The summed E-state index contributed by atoms with van der Waals surface area (Å²) in [6.07, 6.45) is 1.39. The number of aliphatic carboxylic acids is 1. The van der Waals surface area contributed by atoms with Gasteiger partial charge >= 0.3 is 11.9 Å². The molecule has 0 aliphatic rings. The number of carbonyl (C=O) groups is 2. The van der Waals surface area contributed by atoms with Gasteiger partial charge in [0.15, 0.2) is 0 Å². The third kappa shape index (κ3) is 5.88. The highest BCUT2D eigenvalue weighted by molar-refractivity contribution is 5.89. The van der Waals surface area contributed by atoms with Crippen molar-refractivity contribution in [3.63, 3.8) is 0 Å². The Morgan fingerprint density at radius 3 is 2.13 bits per heavy atom. The number of hydrogen-bond donors (Lipinski definition) is 1. The van der Waals surface area contributed by atoms with Crippen LogP contribution in [-0.4, -0.2) is 22.6 Å². The topological polar surface area (TPSA) is 63.6 Å². The number of ether oxygens (including phenoxy) is 1. The highest BCUT2D eigenvalue weighted by Crippen LogP contribution is 2.12. The molecule has 0 bridgehead atoms. The molecule has 0 aliphatic heterocycles. The molecule has 15 heavy (non-hydrogen) atoms. The van der Waals surface area contributed by atoms with Crippen molar-refractivity contribution >= 4 is 11.9 Å². The van der Waals surface area contributed by atoms with Crippen molar-refractivity contribution in [3.05, 3.63) is 11.6 Å². The summed E-state index contributed by atoms with van der Waals surface area (Å²) in [5.41, 5.74) is -0.238. The Labute approximate surface area is 89.9 Å². The first-order valence-electron chi connectivity index (χ1n) is 4.78. The summed E-state index contributed by atoms with van der Waals surface area (Å²) < 4.78 is 5.08. The van der Waals surface area contributed by atoms with Crippen LogP contribution in [0.1, 0.15) is 34.6 Å². The molecule has 4 heteroatoms. The molecular formula is C11H18O4. The minimum absolute atomic E-state index is 0.319. The first kappa shape index (κ1) is 13.7. The molecule has 0 saturated carbocycles. The van der Waals surface area contributed by atoms with Crippen LogP contribution < -0.4 is 0 Å². The first-order valence-corrected chi connectivity index (χ1v) is 4.78. The quantitative estimate of drug-likeness (QED) is 0.576. The van der Waals surface area contributed by atoms with Crippen LogP contribution in [0.25, 0.3) is 0 Å². The van der Waals surface area contributed by atoms with Gasteiger partial charge in [-0.25, -0.2) is 4.79 Å². The Morgan fingerprint density at radius 1 is 1.33 bits per heavy atom. The van der Waals surface area contributed by atoms with Gasteiger partial charge in [-0.1, -0.05) is 6.08 Å². The molecule has 0 spiro atoms. The minimum atomic E-state index is -0.960. The zero-order chi connectivity index (χ0) is 12.2. The maximum Gasteiger partial charge on any atom is 0.333 e. The second-order valence-electron chi connectivity index (χ2n) is 4.48. The molecule has 0 amide bonds. The Bertz CT molecular complexity index is 283. The highest BCUT2D eigenvalue weighted by atomic mass is 16.6. The molecule has 0 radical (unpaired) electrons. The van der Waals surface area contributed by atoms with Crippen LogP contribution in [-0.2, 0) is 14.3 Å². The molecule has 0 aromatic carbocycles. The van der Waals surface area contributed by atoms with Gasteiger partial charge in [-0.3, -0.25) is 4.79 Å². The maximum absolute atomic E-state index is 11.4. The monoisotopic (exact) mass is 214 g/mol. The molecule has 1 unspecified atom stereocenters. The normalized spacial score (nSPS) is 14.6. The molecule has 0 fully saturated rings. The Kier molecular flexibility index (Phi) is 4.52. The van der Waals surface area contributed by atoms with Gasteiger partial charge in [0, 0.05) is 5.57 Å². The largest absolute Gasteiger partial charge is 0.481 e. The maximum atomic E-state index is 11.4. The zero-order valence-electron chi connectivity index (χ0n) is 9.83. The predicted octanol–water partition coefficient (Wildman–Crippen LogP) is 2.00. The number of carboxylic acids is 1. The molecule has 0 aromatic heterocycles. The second kappa shape index (κ2) is 4.96. The van der Waals surface area contributed by atoms with Crippen LogP contribution >= 0.6 is 0 Å². The van der Waals surface area contributed by atoms with Crippen molar-refractivity contribution in [3.8, 4) is 0 Å². The predicted molar refractivity (Wildman–Crippen MR) is 56.4 cm³/mol. The average molecular weight is 214 g/mol. The fourth-order valence-corrected chi connectivity index (χ4v) is 0.873. The molecule has 0 rings (SSSR count). The van der Waals surface area contributed by atoms with E-state index in [-0.39, 0.29) is 0 Å². The summed E-state index contributed by atoms with van der Waals surface area (Å²) >= 11 is 0. The van der Waals surface area contributed by atoms with Crippen LogP contribution in [0, 0.1) is 5.92 Å². The van der Waals surface area contributed by atoms with Crippen LogP contribution in [0.3, 0.4) is 0 Å². The van der Waals surface area contributed by atoms with Crippen molar-refractivity contribution < 1.29 is 19.4 Å². The standard InChI is InChI=1S/C11H18O4/c1-7(9(12)13)6-8(2)10(14)15-11(3,4)5/h6-7H,1-5H3,(H,12,13). The van der Waals surface area contributed by atoms with Gasteiger partial charge in [-0.15, -0.1) is 0 Å². The Hall–Kier alpha value is -1.32. The lowest BCUT2D eigenvalue weighted by Gasteiger charge is -2.19. The number of hydrogen-bond acceptors (Lipinski definition) is 3. The zero-order valence-corrected chi connectivity index (χ0v) is 9.83. The van der Waals surface area contributed by atoms with Crippen molar-refractivity contribution in [2.75, 3.05) is 0 Å². The lowest BCUT2D eigenvalue weighted by molar-refractivity contribution is -0.149. The summed E-state index contributed by atoms with van der Waals surface area (Å²) in [4.78, 5) is 22.0. The van der Waals surface area contributed by atoms with Crippen molar-refractivity contribution in [1.29, 1.82) is 0 Å². The highest BCUT2D eigenvalue weighted by Gasteiger charge is 2.18. The van der Waals surface area contributed by atoms with E-state index in [1.807, 2.05) is 0 Å². The van der Waals surface area contributed by atoms with Gasteiger partial charge in [0.1, 0.15) is 5.60 Å². The van der Waals surface area contributed by atoms with Crippen LogP contribution in [0.5, 0.6) is 0 Å². The molecule has 0 heterocycles. The molecule has 1 atom stereocenters. The number of carbonyl (C=O) groups excluding carboxylic acids is 1. The molecule has 4 nitrogen and oxygen atoms in total. The van der Waals surface area contributed by atoms with Crippen LogP contribution in [0.2, 0.25) is 0 Å². The van der Waals surface area contributed by atoms with E-state index in [1.54, 1.807) is 27.7 Å². The van der Waals surface area contributed by atoms with Gasteiger partial charge in [-0.2, -0.15) is 0 Å². The van der Waals surface area contributed by atoms with E-state index in [4.69, 9.17) is 9.84 Å². The molecule has 86 valence electrons. The van der Waals surface area contributed by atoms with E-state index in [0.717, 1.165) is 0 Å². The van der Waals surface area contributed by atoms with Gasteiger partial charge < -0.3 is 9.84 Å². The summed E-state index contributed by atoms with van der Waals surface area (Å²) in [7, 11) is 0. The molecule has 0 saturated heterocycles. The number of rotatable bonds is 3. The first-order chi connectivity index (χ1) is 6.63. The van der Waals surface area contributed by atoms with E-state index < -0.39 is 23.5 Å². The Balaban J connectivity index is 4.51. The summed E-state index contributed by atoms with van der Waals surface area (Å²) in [5.74, 6) is -2.12. The van der Waals surface area contributed by atoms with Gasteiger partial charge in [0.2, 0.25) is 0 Å². The fourth-order valence-electron chi connectivity index (χ4n) is 0.873. The lowest BCUT2D eigenvalue weighted by Crippen LogP contribution is -2.24. The molecule has 0 aliphatic carbocycles. The lowest BCUT2D eigenvalue weighted by atomic mass is 10.1. The fraction of sp³-hybridized carbons (Fsp3) is 0.636. The third-order valence-electron chi connectivity index (χ3n) is 1.61. The Morgan fingerprint density at radius 2 is 1.80 bits per heavy atom. The number of carboxylic acid groups (broad SMARTS) is 1. The van der Waals surface area contributed by atoms with Gasteiger partial charge in [-0.05, 0) is 34.6 Å². The summed E-state index contributed by atoms with van der Waals surface area (Å²) in [6.45, 7) is 8.35. The van der Waals surface area contributed by atoms with Crippen LogP contribution in [0.15, 0.2) is 11.6 Å². The SMILES string of the molecule is CC(=CC(C)C(=O)O)C(=O)OC(C)(C)C. The van der Waals surface area contributed by atoms with Crippen LogP contribution in [0.4, 0.5) is 0 Å². The van der Waals surface area contributed by atoms with E-state index in [2.05, 4.69) is 0 Å². The smallest absolute Gasteiger partial charge is 0.333 e. The summed E-state index contributed by atoms with van der Waals surface area (Å²) in [5, 5.41) is 8.65.